The number of aliphatic imine (C=N–C) groups is 2. The second kappa shape index (κ2) is 4.61. The lowest BCUT2D eigenvalue weighted by atomic mass is 10.2. The molecule has 0 N–H and O–H groups in total. The lowest BCUT2D eigenvalue weighted by Gasteiger charge is -1.94. The summed E-state index contributed by atoms with van der Waals surface area (Å²) in [6.07, 6.45) is 11.6. The largest absolute Gasteiger partial charge is 0.269 e. The number of hydrogen-bond acceptors (Lipinski definition) is 2. The Morgan fingerprint density at radius 2 is 2.27 bits per heavy atom. The molecule has 0 aromatic rings. The van der Waals surface area contributed by atoms with Gasteiger partial charge in [0.1, 0.15) is 6.34 Å². The van der Waals surface area contributed by atoms with Crippen molar-refractivity contribution in [3.8, 4) is 0 Å². The van der Waals surface area contributed by atoms with Crippen molar-refractivity contribution in [2.24, 2.45) is 15.9 Å². The maximum atomic E-state index is 4.02. The first-order chi connectivity index (χ1) is 5.39. The second-order valence-electron chi connectivity index (χ2n) is 2.45. The highest BCUT2D eigenvalue weighted by Gasteiger charge is 1.87. The molecule has 0 radical (unpaired) electrons. The van der Waals surface area contributed by atoms with Gasteiger partial charge in [-0.05, 0) is 0 Å². The number of nitrogens with zero attached hydrogens (tertiary/aromatic N) is 2. The first-order valence-electron chi connectivity index (χ1n) is 3.74. The van der Waals surface area contributed by atoms with Crippen LogP contribution in [0.1, 0.15) is 6.92 Å². The smallest absolute Gasteiger partial charge is 0.109 e. The van der Waals surface area contributed by atoms with Gasteiger partial charge in [0.2, 0.25) is 0 Å². The van der Waals surface area contributed by atoms with Gasteiger partial charge in [0.15, 0.2) is 0 Å². The van der Waals surface area contributed by atoms with E-state index < -0.39 is 0 Å². The number of allylic oxidation sites excluding steroid dienone is 3. The molecule has 0 amide bonds. The average Bonchev–Trinajstić information content (AvgIpc) is 2.03. The highest BCUT2D eigenvalue weighted by molar-refractivity contribution is 5.74. The van der Waals surface area contributed by atoms with E-state index in [1.807, 2.05) is 24.4 Å². The van der Waals surface area contributed by atoms with E-state index >= 15 is 0 Å². The second-order valence-corrected chi connectivity index (χ2v) is 2.45. The van der Waals surface area contributed by atoms with Crippen LogP contribution in [0.15, 0.2) is 34.3 Å². The van der Waals surface area contributed by atoms with E-state index in [4.69, 9.17) is 0 Å². The third kappa shape index (κ3) is 3.50. The summed E-state index contributed by atoms with van der Waals surface area (Å²) in [7, 11) is 0. The van der Waals surface area contributed by atoms with Gasteiger partial charge in [-0.1, -0.05) is 31.2 Å². The van der Waals surface area contributed by atoms with Crippen LogP contribution in [0.25, 0.3) is 0 Å². The van der Waals surface area contributed by atoms with Crippen molar-refractivity contribution in [2.75, 3.05) is 6.54 Å². The lowest BCUT2D eigenvalue weighted by Crippen LogP contribution is -1.90. The van der Waals surface area contributed by atoms with Crippen LogP contribution in [0, 0.1) is 5.92 Å². The quantitative estimate of drug-likeness (QED) is 0.501. The van der Waals surface area contributed by atoms with Gasteiger partial charge in [-0.2, -0.15) is 0 Å². The standard InChI is InChI=1S/C9H12N2/c1-9-5-3-2-4-6-10-8-11-7-9/h2-5,7-9H,6H2,1H3/b4-2-,5-3-,10-8?,11-7?. The van der Waals surface area contributed by atoms with Gasteiger partial charge in [0.25, 0.3) is 0 Å². The molecule has 0 saturated carbocycles. The molecule has 1 aliphatic heterocycles. The Kier molecular flexibility index (Phi) is 3.32. The summed E-state index contributed by atoms with van der Waals surface area (Å²) < 4.78 is 0. The van der Waals surface area contributed by atoms with Crippen molar-refractivity contribution in [2.45, 2.75) is 6.92 Å². The maximum Gasteiger partial charge on any atom is 0.109 e. The molecule has 0 saturated heterocycles. The van der Waals surface area contributed by atoms with Gasteiger partial charge in [0.05, 0.1) is 6.54 Å². The fourth-order valence-corrected chi connectivity index (χ4v) is 0.758. The molecule has 0 aromatic heterocycles. The van der Waals surface area contributed by atoms with Gasteiger partial charge >= 0.3 is 0 Å². The van der Waals surface area contributed by atoms with Crippen molar-refractivity contribution in [3.63, 3.8) is 0 Å². The van der Waals surface area contributed by atoms with Crippen LogP contribution in [0.5, 0.6) is 0 Å². The zero-order valence-electron chi connectivity index (χ0n) is 6.64. The van der Waals surface area contributed by atoms with Crippen molar-refractivity contribution in [1.29, 1.82) is 0 Å². The Balaban J connectivity index is 2.62. The first kappa shape index (κ1) is 7.92. The minimum Gasteiger partial charge on any atom is -0.269 e. The summed E-state index contributed by atoms with van der Waals surface area (Å²) in [4.78, 5) is 8.04. The molecule has 1 atom stereocenters. The monoisotopic (exact) mass is 148 g/mol. The topological polar surface area (TPSA) is 24.7 Å². The Morgan fingerprint density at radius 3 is 3.18 bits per heavy atom. The van der Waals surface area contributed by atoms with Crippen LogP contribution in [0.3, 0.4) is 0 Å². The van der Waals surface area contributed by atoms with Gasteiger partial charge in [-0.15, -0.1) is 0 Å². The predicted octanol–water partition coefficient (Wildman–Crippen LogP) is 1.85. The van der Waals surface area contributed by atoms with Crippen LogP contribution < -0.4 is 0 Å². The van der Waals surface area contributed by atoms with E-state index in [-0.39, 0.29) is 0 Å². The normalized spacial score (nSPS) is 29.7. The SMILES string of the molecule is CC1C=NC=NC/C=C\C=C/1. The summed E-state index contributed by atoms with van der Waals surface area (Å²) in [5, 5.41) is 0. The molecule has 0 aromatic carbocycles. The van der Waals surface area contributed by atoms with E-state index in [2.05, 4.69) is 23.0 Å². The van der Waals surface area contributed by atoms with E-state index in [1.165, 1.54) is 0 Å². The Labute approximate surface area is 67.1 Å². The molecule has 1 rings (SSSR count). The van der Waals surface area contributed by atoms with E-state index in [0.29, 0.717) is 5.92 Å². The van der Waals surface area contributed by atoms with Crippen molar-refractivity contribution < 1.29 is 0 Å². The summed E-state index contributed by atoms with van der Waals surface area (Å²) in [6, 6.07) is 0. The Hall–Kier alpha value is -1.18. The van der Waals surface area contributed by atoms with E-state index in [9.17, 15) is 0 Å². The van der Waals surface area contributed by atoms with Crippen LogP contribution in [-0.2, 0) is 0 Å². The molecular weight excluding hydrogens is 136 g/mol. The van der Waals surface area contributed by atoms with Crippen molar-refractivity contribution in [1.82, 2.24) is 0 Å². The van der Waals surface area contributed by atoms with Crippen molar-refractivity contribution in [3.05, 3.63) is 24.3 Å². The van der Waals surface area contributed by atoms with Crippen molar-refractivity contribution >= 4 is 12.6 Å². The molecule has 58 valence electrons. The molecule has 1 aliphatic rings. The summed E-state index contributed by atoms with van der Waals surface area (Å²) >= 11 is 0. The average molecular weight is 148 g/mol. The van der Waals surface area contributed by atoms with Crippen LogP contribution in [0.4, 0.5) is 0 Å². The molecule has 0 bridgehead atoms. The molecule has 1 unspecified atom stereocenters. The van der Waals surface area contributed by atoms with Gasteiger partial charge in [-0.3, -0.25) is 4.99 Å². The van der Waals surface area contributed by atoms with Gasteiger partial charge in [0, 0.05) is 12.1 Å². The summed E-state index contributed by atoms with van der Waals surface area (Å²) in [5.41, 5.74) is 0. The highest BCUT2D eigenvalue weighted by Crippen LogP contribution is 1.94. The highest BCUT2D eigenvalue weighted by atomic mass is 14.8. The number of hydrogen-bond donors (Lipinski definition) is 0. The van der Waals surface area contributed by atoms with Crippen LogP contribution in [-0.4, -0.2) is 19.1 Å². The van der Waals surface area contributed by atoms with Gasteiger partial charge in [-0.25, -0.2) is 4.99 Å². The molecule has 0 spiro atoms. The maximum absolute atomic E-state index is 4.02. The fraction of sp³-hybridized carbons (Fsp3) is 0.333. The predicted molar refractivity (Wildman–Crippen MR) is 49.3 cm³/mol. The summed E-state index contributed by atoms with van der Waals surface area (Å²) in [5.74, 6) is 0.393. The number of rotatable bonds is 0. The summed E-state index contributed by atoms with van der Waals surface area (Å²) in [6.45, 7) is 2.80. The zero-order chi connectivity index (χ0) is 7.94. The fourth-order valence-electron chi connectivity index (χ4n) is 0.758. The molecule has 1 heterocycles. The molecular formula is C9H12N2. The molecule has 2 heteroatoms. The lowest BCUT2D eigenvalue weighted by molar-refractivity contribution is 1.03. The first-order valence-corrected chi connectivity index (χ1v) is 3.74. The Morgan fingerprint density at radius 1 is 1.36 bits per heavy atom. The molecule has 0 aliphatic carbocycles. The molecule has 0 fully saturated rings. The van der Waals surface area contributed by atoms with Crippen LogP contribution >= 0.6 is 0 Å². The Bertz CT molecular complexity index is 190. The minimum absolute atomic E-state index is 0.393. The third-order valence-corrected chi connectivity index (χ3v) is 1.34. The van der Waals surface area contributed by atoms with E-state index in [1.54, 1.807) is 6.34 Å². The van der Waals surface area contributed by atoms with Gasteiger partial charge < -0.3 is 0 Å². The molecule has 2 nitrogen and oxygen atoms in total. The van der Waals surface area contributed by atoms with E-state index in [0.717, 1.165) is 6.54 Å². The molecule has 11 heavy (non-hydrogen) atoms. The zero-order valence-corrected chi connectivity index (χ0v) is 6.64. The minimum atomic E-state index is 0.393. The third-order valence-electron chi connectivity index (χ3n) is 1.34. The van der Waals surface area contributed by atoms with Crippen LogP contribution in [0.2, 0.25) is 0 Å².